The van der Waals surface area contributed by atoms with Crippen LogP contribution in [0.4, 0.5) is 4.39 Å². The van der Waals surface area contributed by atoms with Gasteiger partial charge < -0.3 is 14.4 Å². The van der Waals surface area contributed by atoms with E-state index in [1.54, 1.807) is 6.07 Å². The number of allylic oxidation sites excluding steroid dienone is 4. The number of rotatable bonds is 7. The first-order chi connectivity index (χ1) is 21.4. The number of ketones is 2. The van der Waals surface area contributed by atoms with E-state index in [2.05, 4.69) is 61.3 Å². The van der Waals surface area contributed by atoms with Gasteiger partial charge in [-0.15, -0.1) is 0 Å². The Morgan fingerprint density at radius 2 is 1.49 bits per heavy atom. The standard InChI is InChI=1S/C38H45FINO4/c1-6-44-32-17-24(16-27(40)36(32)45-22-23-11-10-12-25(39)15-23)33-34-28(18-37(2,3)20-30(34)42)41(26-13-8-7-9-14-26)29-19-38(4,5)21-31(43)35(29)33/h10-12,15-17,26,33H,6-9,13-14,18-22H2,1-5H3. The molecule has 1 aliphatic heterocycles. The fourth-order valence-corrected chi connectivity index (χ4v) is 8.83. The molecule has 2 aromatic rings. The van der Waals surface area contributed by atoms with Crippen molar-refractivity contribution in [2.75, 3.05) is 6.61 Å². The van der Waals surface area contributed by atoms with Crippen LogP contribution in [0.3, 0.4) is 0 Å². The van der Waals surface area contributed by atoms with Gasteiger partial charge >= 0.3 is 0 Å². The van der Waals surface area contributed by atoms with Gasteiger partial charge in [0.2, 0.25) is 0 Å². The number of carbonyl (C=O) groups is 2. The van der Waals surface area contributed by atoms with E-state index in [1.807, 2.05) is 19.1 Å². The second kappa shape index (κ2) is 12.5. The molecule has 0 radical (unpaired) electrons. The number of nitrogens with zero attached hydrogens (tertiary/aromatic N) is 1. The van der Waals surface area contributed by atoms with Crippen LogP contribution < -0.4 is 9.47 Å². The fourth-order valence-electron chi connectivity index (χ4n) is 8.05. The van der Waals surface area contributed by atoms with Crippen LogP contribution in [-0.2, 0) is 16.2 Å². The summed E-state index contributed by atoms with van der Waals surface area (Å²) in [6.07, 6.45) is 8.34. The lowest BCUT2D eigenvalue weighted by atomic mass is 9.63. The van der Waals surface area contributed by atoms with E-state index in [0.29, 0.717) is 37.0 Å². The minimum atomic E-state index is -0.438. The third-order valence-electron chi connectivity index (χ3n) is 9.83. The number of hydrogen-bond acceptors (Lipinski definition) is 5. The van der Waals surface area contributed by atoms with E-state index in [1.165, 1.54) is 31.4 Å². The highest BCUT2D eigenvalue weighted by molar-refractivity contribution is 14.1. The number of hydrogen-bond donors (Lipinski definition) is 0. The summed E-state index contributed by atoms with van der Waals surface area (Å²) >= 11 is 2.26. The Bertz CT molecular complexity index is 1530. The number of ether oxygens (including phenoxy) is 2. The van der Waals surface area contributed by atoms with Crippen molar-refractivity contribution < 1.29 is 23.5 Å². The molecular formula is C38H45FINO4. The number of halogens is 2. The molecule has 1 heterocycles. The van der Waals surface area contributed by atoms with Gasteiger partial charge in [0.05, 0.1) is 10.2 Å². The molecule has 240 valence electrons. The summed E-state index contributed by atoms with van der Waals surface area (Å²) in [6.45, 7) is 11.3. The number of carbonyl (C=O) groups excluding carboxylic acids is 2. The van der Waals surface area contributed by atoms with Gasteiger partial charge in [-0.1, -0.05) is 59.1 Å². The van der Waals surface area contributed by atoms with Crippen molar-refractivity contribution in [2.45, 2.75) is 111 Å². The molecule has 1 saturated carbocycles. The van der Waals surface area contributed by atoms with Crippen LogP contribution in [0.25, 0.3) is 0 Å². The second-order valence-electron chi connectivity index (χ2n) is 14.9. The Morgan fingerprint density at radius 3 is 2.07 bits per heavy atom. The molecule has 4 aliphatic rings. The monoisotopic (exact) mass is 725 g/mol. The lowest BCUT2D eigenvalue weighted by molar-refractivity contribution is -0.119. The molecule has 0 bridgehead atoms. The highest BCUT2D eigenvalue weighted by Crippen LogP contribution is 2.56. The van der Waals surface area contributed by atoms with Gasteiger partial charge in [0.15, 0.2) is 23.1 Å². The van der Waals surface area contributed by atoms with Gasteiger partial charge in [0.1, 0.15) is 12.4 Å². The molecule has 0 saturated heterocycles. The van der Waals surface area contributed by atoms with Gasteiger partial charge in [-0.3, -0.25) is 9.59 Å². The third-order valence-corrected chi connectivity index (χ3v) is 10.6. The molecule has 7 heteroatoms. The lowest BCUT2D eigenvalue weighted by Gasteiger charge is -2.52. The topological polar surface area (TPSA) is 55.8 Å². The molecule has 1 fully saturated rings. The molecular weight excluding hydrogens is 680 g/mol. The van der Waals surface area contributed by atoms with Crippen molar-refractivity contribution in [3.63, 3.8) is 0 Å². The Hall–Kier alpha value is -2.68. The highest BCUT2D eigenvalue weighted by atomic mass is 127. The van der Waals surface area contributed by atoms with Crippen molar-refractivity contribution in [3.8, 4) is 11.5 Å². The smallest absolute Gasteiger partial charge is 0.174 e. The molecule has 0 atom stereocenters. The van der Waals surface area contributed by atoms with Crippen LogP contribution >= 0.6 is 22.6 Å². The van der Waals surface area contributed by atoms with Gasteiger partial charge in [-0.2, -0.15) is 0 Å². The van der Waals surface area contributed by atoms with Crippen molar-refractivity contribution in [3.05, 3.63) is 79.5 Å². The number of benzene rings is 2. The maximum atomic E-state index is 14.3. The molecule has 2 aromatic carbocycles. The molecule has 5 nitrogen and oxygen atoms in total. The third kappa shape index (κ3) is 6.48. The highest BCUT2D eigenvalue weighted by Gasteiger charge is 2.50. The fraction of sp³-hybridized carbons (Fsp3) is 0.526. The van der Waals surface area contributed by atoms with Gasteiger partial charge in [0.25, 0.3) is 0 Å². The van der Waals surface area contributed by atoms with Crippen LogP contribution in [0.5, 0.6) is 11.5 Å². The predicted octanol–water partition coefficient (Wildman–Crippen LogP) is 9.43. The molecule has 0 aromatic heterocycles. The largest absolute Gasteiger partial charge is 0.490 e. The molecule has 0 amide bonds. The molecule has 6 rings (SSSR count). The summed E-state index contributed by atoms with van der Waals surface area (Å²) in [6, 6.07) is 10.7. The minimum Gasteiger partial charge on any atom is -0.490 e. The van der Waals surface area contributed by atoms with E-state index >= 15 is 0 Å². The van der Waals surface area contributed by atoms with Crippen molar-refractivity contribution in [2.24, 2.45) is 10.8 Å². The molecule has 0 N–H and O–H groups in total. The quantitative estimate of drug-likeness (QED) is 0.267. The summed E-state index contributed by atoms with van der Waals surface area (Å²) in [5, 5.41) is 0. The van der Waals surface area contributed by atoms with Gasteiger partial charge in [-0.25, -0.2) is 4.39 Å². The average molecular weight is 726 g/mol. The number of Topliss-reactive ketones (excluding diaryl/α,β-unsaturated/α-hetero) is 2. The molecule has 0 unspecified atom stereocenters. The minimum absolute atomic E-state index is 0.149. The first-order valence-electron chi connectivity index (χ1n) is 16.5. The van der Waals surface area contributed by atoms with E-state index in [-0.39, 0.29) is 34.8 Å². The summed E-state index contributed by atoms with van der Waals surface area (Å²) in [4.78, 5) is 31.1. The Balaban J connectivity index is 1.51. The zero-order chi connectivity index (χ0) is 32.1. The summed E-state index contributed by atoms with van der Waals surface area (Å²) in [5.41, 5.74) is 5.19. The van der Waals surface area contributed by atoms with Crippen LogP contribution in [0.1, 0.15) is 109 Å². The van der Waals surface area contributed by atoms with Crippen molar-refractivity contribution >= 4 is 34.2 Å². The van der Waals surface area contributed by atoms with Crippen LogP contribution in [-0.4, -0.2) is 29.1 Å². The second-order valence-corrected chi connectivity index (χ2v) is 16.0. The first-order valence-corrected chi connectivity index (χ1v) is 17.6. The first kappa shape index (κ1) is 32.3. The predicted molar refractivity (Wildman–Crippen MR) is 183 cm³/mol. The van der Waals surface area contributed by atoms with E-state index in [0.717, 1.165) is 62.9 Å². The summed E-state index contributed by atoms with van der Waals surface area (Å²) in [7, 11) is 0. The Labute approximate surface area is 280 Å². The van der Waals surface area contributed by atoms with E-state index in [4.69, 9.17) is 9.47 Å². The maximum absolute atomic E-state index is 14.3. The molecule has 0 spiro atoms. The van der Waals surface area contributed by atoms with E-state index in [9.17, 15) is 14.0 Å². The lowest BCUT2D eigenvalue weighted by Crippen LogP contribution is -2.48. The summed E-state index contributed by atoms with van der Waals surface area (Å²) in [5.74, 6) is 0.709. The van der Waals surface area contributed by atoms with Crippen molar-refractivity contribution in [1.29, 1.82) is 0 Å². The molecule has 3 aliphatic carbocycles. The summed E-state index contributed by atoms with van der Waals surface area (Å²) < 4.78 is 27.1. The van der Waals surface area contributed by atoms with Crippen LogP contribution in [0.2, 0.25) is 0 Å². The van der Waals surface area contributed by atoms with Gasteiger partial charge in [-0.05, 0) is 101 Å². The van der Waals surface area contributed by atoms with Crippen molar-refractivity contribution in [1.82, 2.24) is 4.90 Å². The van der Waals surface area contributed by atoms with Gasteiger partial charge in [0, 0.05) is 47.3 Å². The SMILES string of the molecule is CCOc1cc(C2C3=C(CC(C)(C)CC3=O)N(C3CCCCC3)C3=C2C(=O)CC(C)(C)C3)cc(I)c1OCc1cccc(F)c1. The zero-order valence-electron chi connectivity index (χ0n) is 27.2. The van der Waals surface area contributed by atoms with E-state index < -0.39 is 5.92 Å². The Morgan fingerprint density at radius 1 is 0.867 bits per heavy atom. The zero-order valence-corrected chi connectivity index (χ0v) is 29.4. The molecule has 45 heavy (non-hydrogen) atoms. The normalized spacial score (nSPS) is 22.0. The maximum Gasteiger partial charge on any atom is 0.174 e. The van der Waals surface area contributed by atoms with Crippen LogP contribution in [0.15, 0.2) is 58.9 Å². The Kier molecular flexibility index (Phi) is 8.96. The average Bonchev–Trinajstić information content (AvgIpc) is 2.95. The van der Waals surface area contributed by atoms with Crippen LogP contribution in [0, 0.1) is 20.2 Å².